The molecule has 98 valence electrons. The van der Waals surface area contributed by atoms with Gasteiger partial charge in [0.05, 0.1) is 6.67 Å². The lowest BCUT2D eigenvalue weighted by molar-refractivity contribution is 0.479. The van der Waals surface area contributed by atoms with Crippen LogP contribution in [0.2, 0.25) is 0 Å². The van der Waals surface area contributed by atoms with Gasteiger partial charge in [0.15, 0.2) is 0 Å². The van der Waals surface area contributed by atoms with Crippen molar-refractivity contribution in [1.82, 2.24) is 14.1 Å². The van der Waals surface area contributed by atoms with E-state index in [1.165, 1.54) is 12.0 Å². The normalized spacial score (nSPS) is 12.0. The number of hydrogen-bond acceptors (Lipinski definition) is 1. The molecule has 2 aromatic rings. The van der Waals surface area contributed by atoms with Gasteiger partial charge in [-0.2, -0.15) is 0 Å². The van der Waals surface area contributed by atoms with Crippen LogP contribution in [-0.4, -0.2) is 14.1 Å². The highest BCUT2D eigenvalue weighted by Gasteiger charge is 2.19. The lowest BCUT2D eigenvalue weighted by atomic mass is 9.96. The molecular weight excluding hydrogens is 222 g/mol. The summed E-state index contributed by atoms with van der Waals surface area (Å²) in [7, 11) is 0. The van der Waals surface area contributed by atoms with E-state index in [4.69, 9.17) is 0 Å². The third-order valence-electron chi connectivity index (χ3n) is 3.05. The number of aryl methyl sites for hydroxylation is 1. The Balaban J connectivity index is 2.16. The van der Waals surface area contributed by atoms with Crippen LogP contribution < -0.4 is 0 Å². The number of nitrogens with zero attached hydrogens (tertiary/aromatic N) is 3. The first kappa shape index (κ1) is 12.9. The third-order valence-corrected chi connectivity index (χ3v) is 3.05. The summed E-state index contributed by atoms with van der Waals surface area (Å²) in [4.78, 5) is 4.48. The van der Waals surface area contributed by atoms with Crippen LogP contribution >= 0.6 is 0 Å². The zero-order valence-electron chi connectivity index (χ0n) is 11.8. The van der Waals surface area contributed by atoms with E-state index in [1.807, 2.05) is 6.20 Å². The summed E-state index contributed by atoms with van der Waals surface area (Å²) in [5.74, 6) is 1.13. The Morgan fingerprint density at radius 3 is 2.67 bits per heavy atom. The van der Waals surface area contributed by atoms with E-state index in [-0.39, 0.29) is 5.41 Å². The maximum Gasteiger partial charge on any atom is 0.115 e. The molecule has 3 nitrogen and oxygen atoms in total. The highest BCUT2D eigenvalue weighted by molar-refractivity contribution is 5.11. The van der Waals surface area contributed by atoms with Crippen LogP contribution in [0, 0.1) is 0 Å². The van der Waals surface area contributed by atoms with Gasteiger partial charge in [0.25, 0.3) is 0 Å². The van der Waals surface area contributed by atoms with Gasteiger partial charge in [0.1, 0.15) is 5.82 Å². The summed E-state index contributed by atoms with van der Waals surface area (Å²) >= 11 is 0. The van der Waals surface area contributed by atoms with Crippen molar-refractivity contribution in [1.29, 1.82) is 0 Å². The third kappa shape index (κ3) is 2.84. The Labute approximate surface area is 109 Å². The summed E-state index contributed by atoms with van der Waals surface area (Å²) in [6.07, 6.45) is 10.7. The number of rotatable bonds is 4. The summed E-state index contributed by atoms with van der Waals surface area (Å²) in [6, 6.07) is 2.21. The molecule has 2 aromatic heterocycles. The van der Waals surface area contributed by atoms with Crippen molar-refractivity contribution in [2.45, 2.75) is 52.6 Å². The van der Waals surface area contributed by atoms with Gasteiger partial charge in [-0.1, -0.05) is 34.1 Å². The first-order valence-electron chi connectivity index (χ1n) is 6.67. The molecule has 0 saturated carbocycles. The smallest absolute Gasteiger partial charge is 0.115 e. The summed E-state index contributed by atoms with van der Waals surface area (Å²) in [6.45, 7) is 9.65. The van der Waals surface area contributed by atoms with E-state index in [9.17, 15) is 0 Å². The molecule has 0 amide bonds. The van der Waals surface area contributed by atoms with Gasteiger partial charge in [-0.25, -0.2) is 4.98 Å². The van der Waals surface area contributed by atoms with Crippen LogP contribution in [0.15, 0.2) is 30.9 Å². The molecule has 0 aromatic carbocycles. The van der Waals surface area contributed by atoms with E-state index >= 15 is 0 Å². The van der Waals surface area contributed by atoms with Crippen LogP contribution in [0.4, 0.5) is 0 Å². The Morgan fingerprint density at radius 1 is 1.22 bits per heavy atom. The van der Waals surface area contributed by atoms with E-state index in [0.29, 0.717) is 0 Å². The minimum absolute atomic E-state index is 0.0862. The van der Waals surface area contributed by atoms with Crippen LogP contribution in [0.3, 0.4) is 0 Å². The minimum Gasteiger partial charge on any atom is -0.336 e. The molecule has 0 radical (unpaired) electrons. The number of aromatic nitrogens is 3. The van der Waals surface area contributed by atoms with Crippen molar-refractivity contribution in [3.8, 4) is 0 Å². The van der Waals surface area contributed by atoms with Crippen molar-refractivity contribution in [3.05, 3.63) is 42.2 Å². The highest BCUT2D eigenvalue weighted by atomic mass is 15.2. The first-order valence-corrected chi connectivity index (χ1v) is 6.67. The van der Waals surface area contributed by atoms with Crippen LogP contribution in [0.25, 0.3) is 0 Å². The minimum atomic E-state index is 0.0862. The molecule has 0 unspecified atom stereocenters. The second-order valence-electron chi connectivity index (χ2n) is 5.90. The molecular formula is C15H23N3. The maximum atomic E-state index is 4.48. The monoisotopic (exact) mass is 245 g/mol. The molecule has 18 heavy (non-hydrogen) atoms. The maximum absolute atomic E-state index is 4.48. The van der Waals surface area contributed by atoms with Crippen molar-refractivity contribution < 1.29 is 0 Å². The lowest BCUT2D eigenvalue weighted by Crippen LogP contribution is -2.20. The molecule has 0 spiro atoms. The van der Waals surface area contributed by atoms with Gasteiger partial charge < -0.3 is 9.13 Å². The Hall–Kier alpha value is -1.51. The average Bonchev–Trinajstić information content (AvgIpc) is 2.88. The number of imidazole rings is 1. The van der Waals surface area contributed by atoms with E-state index in [2.05, 4.69) is 66.5 Å². The molecule has 0 N–H and O–H groups in total. The first-order chi connectivity index (χ1) is 8.50. The number of hydrogen-bond donors (Lipinski definition) is 0. The predicted octanol–water partition coefficient (Wildman–Crippen LogP) is 3.44. The molecule has 0 fully saturated rings. The SMILES string of the molecule is CCCc1ccn(Cn2ccnc2C(C)(C)C)c1. The molecule has 0 atom stereocenters. The van der Waals surface area contributed by atoms with Gasteiger partial charge in [-0.3, -0.25) is 0 Å². The van der Waals surface area contributed by atoms with Crippen LogP contribution in [0.5, 0.6) is 0 Å². The fraction of sp³-hybridized carbons (Fsp3) is 0.533. The van der Waals surface area contributed by atoms with E-state index in [1.54, 1.807) is 0 Å². The second kappa shape index (κ2) is 5.01. The summed E-state index contributed by atoms with van der Waals surface area (Å²) in [5.41, 5.74) is 1.50. The van der Waals surface area contributed by atoms with Gasteiger partial charge >= 0.3 is 0 Å². The quantitative estimate of drug-likeness (QED) is 0.809. The average molecular weight is 245 g/mol. The van der Waals surface area contributed by atoms with Crippen molar-refractivity contribution >= 4 is 0 Å². The lowest BCUT2D eigenvalue weighted by Gasteiger charge is -2.20. The molecule has 2 rings (SSSR count). The van der Waals surface area contributed by atoms with Crippen molar-refractivity contribution in [3.63, 3.8) is 0 Å². The largest absolute Gasteiger partial charge is 0.336 e. The van der Waals surface area contributed by atoms with Crippen LogP contribution in [0.1, 0.15) is 45.5 Å². The Bertz CT molecular complexity index is 500. The van der Waals surface area contributed by atoms with E-state index in [0.717, 1.165) is 18.9 Å². The zero-order chi connectivity index (χ0) is 13.2. The van der Waals surface area contributed by atoms with E-state index < -0.39 is 0 Å². The molecule has 0 aliphatic heterocycles. The molecule has 0 aliphatic carbocycles. The fourth-order valence-electron chi connectivity index (χ4n) is 2.26. The van der Waals surface area contributed by atoms with Gasteiger partial charge in [-0.15, -0.1) is 0 Å². The molecule has 0 aliphatic rings. The summed E-state index contributed by atoms with van der Waals surface area (Å²) < 4.78 is 4.44. The molecule has 3 heteroatoms. The fourth-order valence-corrected chi connectivity index (χ4v) is 2.26. The Morgan fingerprint density at radius 2 is 2.00 bits per heavy atom. The highest BCUT2D eigenvalue weighted by Crippen LogP contribution is 2.20. The molecule has 0 saturated heterocycles. The second-order valence-corrected chi connectivity index (χ2v) is 5.90. The zero-order valence-corrected chi connectivity index (χ0v) is 11.8. The molecule has 0 bridgehead atoms. The van der Waals surface area contributed by atoms with Gasteiger partial charge in [0, 0.05) is 30.2 Å². The standard InChI is InChI=1S/C15H23N3/c1-5-6-13-7-9-17(11-13)12-18-10-8-16-14(18)15(2,3)4/h7-11H,5-6,12H2,1-4H3. The topological polar surface area (TPSA) is 22.8 Å². The summed E-state index contributed by atoms with van der Waals surface area (Å²) in [5, 5.41) is 0. The van der Waals surface area contributed by atoms with Crippen LogP contribution in [-0.2, 0) is 18.5 Å². The van der Waals surface area contributed by atoms with Gasteiger partial charge in [-0.05, 0) is 18.1 Å². The van der Waals surface area contributed by atoms with Gasteiger partial charge in [0.2, 0.25) is 0 Å². The molecule has 2 heterocycles. The van der Waals surface area contributed by atoms with Crippen molar-refractivity contribution in [2.24, 2.45) is 0 Å². The Kier molecular flexibility index (Phi) is 3.60. The van der Waals surface area contributed by atoms with Crippen molar-refractivity contribution in [2.75, 3.05) is 0 Å². The predicted molar refractivity (Wildman–Crippen MR) is 74.8 cm³/mol.